The molecule has 1 N–H and O–H groups in total. The molecule has 7 heteroatoms. The number of hydrogen-bond acceptors (Lipinski definition) is 3. The zero-order valence-corrected chi connectivity index (χ0v) is 12.2. The first-order valence-corrected chi connectivity index (χ1v) is 8.07. The molecule has 0 aliphatic rings. The van der Waals surface area contributed by atoms with Crippen molar-refractivity contribution in [3.63, 3.8) is 0 Å². The van der Waals surface area contributed by atoms with Gasteiger partial charge in [-0.2, -0.15) is 0 Å². The lowest BCUT2D eigenvalue weighted by molar-refractivity contribution is 0.582. The van der Waals surface area contributed by atoms with Crippen molar-refractivity contribution >= 4 is 44.6 Å². The summed E-state index contributed by atoms with van der Waals surface area (Å²) in [6.45, 7) is 0.254. The van der Waals surface area contributed by atoms with Crippen molar-refractivity contribution in [2.75, 3.05) is 0 Å². The first kappa shape index (κ1) is 13.8. The fourth-order valence-corrected chi connectivity index (χ4v) is 3.81. The van der Waals surface area contributed by atoms with Crippen LogP contribution in [0.3, 0.4) is 0 Å². The summed E-state index contributed by atoms with van der Waals surface area (Å²) in [6.07, 6.45) is 0. The molecule has 0 unspecified atom stereocenters. The summed E-state index contributed by atoms with van der Waals surface area (Å²) >= 11 is 13.0. The number of halogens is 2. The first-order valence-electron chi connectivity index (χ1n) is 4.95. The topological polar surface area (TPSA) is 46.2 Å². The van der Waals surface area contributed by atoms with Gasteiger partial charge in [-0.15, -0.1) is 11.3 Å². The van der Waals surface area contributed by atoms with Gasteiger partial charge in [-0.3, -0.25) is 0 Å². The van der Waals surface area contributed by atoms with E-state index in [4.69, 9.17) is 23.2 Å². The van der Waals surface area contributed by atoms with Gasteiger partial charge in [0.05, 0.1) is 4.90 Å². The average molecular weight is 322 g/mol. The Morgan fingerprint density at radius 3 is 2.39 bits per heavy atom. The van der Waals surface area contributed by atoms with E-state index in [-0.39, 0.29) is 11.4 Å². The van der Waals surface area contributed by atoms with E-state index in [9.17, 15) is 8.42 Å². The largest absolute Gasteiger partial charge is 0.241 e. The van der Waals surface area contributed by atoms with Gasteiger partial charge in [0, 0.05) is 21.5 Å². The average Bonchev–Trinajstić information content (AvgIpc) is 2.78. The number of nitrogens with one attached hydrogen (secondary N) is 1. The summed E-state index contributed by atoms with van der Waals surface area (Å²) in [5.41, 5.74) is 0. The zero-order valence-electron chi connectivity index (χ0n) is 9.06. The Morgan fingerprint density at radius 1 is 1.17 bits per heavy atom. The van der Waals surface area contributed by atoms with Crippen LogP contribution in [0.5, 0.6) is 0 Å². The van der Waals surface area contributed by atoms with Gasteiger partial charge in [0.25, 0.3) is 0 Å². The van der Waals surface area contributed by atoms with Crippen molar-refractivity contribution in [3.8, 4) is 0 Å². The van der Waals surface area contributed by atoms with Crippen molar-refractivity contribution in [2.24, 2.45) is 0 Å². The van der Waals surface area contributed by atoms with Gasteiger partial charge < -0.3 is 0 Å². The molecule has 0 radical (unpaired) electrons. The second kappa shape index (κ2) is 5.59. The molecule has 0 aliphatic carbocycles. The Balaban J connectivity index is 2.20. The minimum absolute atomic E-state index is 0.0663. The monoisotopic (exact) mass is 321 g/mol. The maximum atomic E-state index is 12.0. The molecule has 0 saturated heterocycles. The van der Waals surface area contributed by atoms with Crippen LogP contribution >= 0.6 is 34.5 Å². The Morgan fingerprint density at radius 2 is 1.83 bits per heavy atom. The molecule has 96 valence electrons. The third-order valence-electron chi connectivity index (χ3n) is 2.16. The van der Waals surface area contributed by atoms with Gasteiger partial charge in [-0.25, -0.2) is 13.1 Å². The van der Waals surface area contributed by atoms with Crippen LogP contribution in [0.1, 0.15) is 4.88 Å². The second-order valence-corrected chi connectivity index (χ2v) is 7.18. The molecule has 0 spiro atoms. The number of benzene rings is 1. The van der Waals surface area contributed by atoms with E-state index >= 15 is 0 Å². The van der Waals surface area contributed by atoms with E-state index in [0.717, 1.165) is 4.88 Å². The van der Waals surface area contributed by atoms with Gasteiger partial charge in [0.2, 0.25) is 10.0 Å². The van der Waals surface area contributed by atoms with Crippen LogP contribution in [0.15, 0.2) is 40.6 Å². The molecule has 2 aromatic rings. The lowest BCUT2D eigenvalue weighted by Gasteiger charge is -2.06. The SMILES string of the molecule is O=S(=O)(NCc1cccs1)c1cc(Cl)cc(Cl)c1. The van der Waals surface area contributed by atoms with E-state index in [1.54, 1.807) is 0 Å². The van der Waals surface area contributed by atoms with Crippen LogP contribution in [-0.4, -0.2) is 8.42 Å². The molecule has 1 aromatic carbocycles. The smallest absolute Gasteiger partial charge is 0.207 e. The van der Waals surface area contributed by atoms with Crippen molar-refractivity contribution in [1.82, 2.24) is 4.72 Å². The predicted molar refractivity (Wildman–Crippen MR) is 74.8 cm³/mol. The van der Waals surface area contributed by atoms with Gasteiger partial charge >= 0.3 is 0 Å². The summed E-state index contributed by atoms with van der Waals surface area (Å²) in [6, 6.07) is 7.94. The molecule has 1 aromatic heterocycles. The van der Waals surface area contributed by atoms with E-state index in [0.29, 0.717) is 10.0 Å². The van der Waals surface area contributed by atoms with E-state index in [1.807, 2.05) is 17.5 Å². The van der Waals surface area contributed by atoms with Crippen LogP contribution in [-0.2, 0) is 16.6 Å². The van der Waals surface area contributed by atoms with Crippen molar-refractivity contribution in [2.45, 2.75) is 11.4 Å². The Kier molecular flexibility index (Phi) is 4.29. The fourth-order valence-electron chi connectivity index (χ4n) is 1.35. The van der Waals surface area contributed by atoms with Crippen LogP contribution in [0.25, 0.3) is 0 Å². The molecule has 0 saturated carbocycles. The minimum atomic E-state index is -3.59. The molecule has 0 amide bonds. The standard InChI is InChI=1S/C11H9Cl2NO2S2/c12-8-4-9(13)6-11(5-8)18(15,16)14-7-10-2-1-3-17-10/h1-6,14H,7H2. The normalized spacial score (nSPS) is 11.7. The lowest BCUT2D eigenvalue weighted by atomic mass is 10.4. The zero-order chi connectivity index (χ0) is 13.2. The van der Waals surface area contributed by atoms with Crippen LogP contribution in [0, 0.1) is 0 Å². The van der Waals surface area contributed by atoms with Crippen LogP contribution < -0.4 is 4.72 Å². The van der Waals surface area contributed by atoms with Crippen LogP contribution in [0.4, 0.5) is 0 Å². The Labute approximate surface area is 119 Å². The molecule has 0 fully saturated rings. The fraction of sp³-hybridized carbons (Fsp3) is 0.0909. The molecular weight excluding hydrogens is 313 g/mol. The Hall–Kier alpha value is -0.590. The molecule has 0 aliphatic heterocycles. The maximum absolute atomic E-state index is 12.0. The summed E-state index contributed by atoms with van der Waals surface area (Å²) in [5.74, 6) is 0. The highest BCUT2D eigenvalue weighted by Crippen LogP contribution is 2.22. The number of sulfonamides is 1. The van der Waals surface area contributed by atoms with Crippen molar-refractivity contribution in [3.05, 3.63) is 50.6 Å². The van der Waals surface area contributed by atoms with Crippen molar-refractivity contribution < 1.29 is 8.42 Å². The van der Waals surface area contributed by atoms with Gasteiger partial charge in [0.1, 0.15) is 0 Å². The molecule has 0 bridgehead atoms. The number of rotatable bonds is 4. The highest BCUT2D eigenvalue weighted by molar-refractivity contribution is 7.89. The first-order chi connectivity index (χ1) is 8.47. The summed E-state index contributed by atoms with van der Waals surface area (Å²) in [4.78, 5) is 1.00. The second-order valence-electron chi connectivity index (χ2n) is 3.51. The van der Waals surface area contributed by atoms with E-state index in [2.05, 4.69) is 4.72 Å². The Bertz CT molecular complexity index is 619. The molecule has 0 atom stereocenters. The predicted octanol–water partition coefficient (Wildman–Crippen LogP) is 3.53. The molecule has 1 heterocycles. The van der Waals surface area contributed by atoms with Crippen molar-refractivity contribution in [1.29, 1.82) is 0 Å². The highest BCUT2D eigenvalue weighted by atomic mass is 35.5. The minimum Gasteiger partial charge on any atom is -0.207 e. The van der Waals surface area contributed by atoms with E-state index < -0.39 is 10.0 Å². The van der Waals surface area contributed by atoms with Crippen LogP contribution in [0.2, 0.25) is 10.0 Å². The quantitative estimate of drug-likeness (QED) is 0.936. The summed E-state index contributed by atoms with van der Waals surface area (Å²) in [5, 5.41) is 2.47. The third-order valence-corrected chi connectivity index (χ3v) is 4.86. The molecule has 2 rings (SSSR count). The highest BCUT2D eigenvalue weighted by Gasteiger charge is 2.15. The summed E-state index contributed by atoms with van der Waals surface area (Å²) in [7, 11) is -3.59. The van der Waals surface area contributed by atoms with E-state index in [1.165, 1.54) is 29.5 Å². The van der Waals surface area contributed by atoms with Gasteiger partial charge in [-0.05, 0) is 29.6 Å². The molecule has 18 heavy (non-hydrogen) atoms. The molecular formula is C11H9Cl2NO2S2. The number of hydrogen-bond donors (Lipinski definition) is 1. The van der Waals surface area contributed by atoms with Gasteiger partial charge in [-0.1, -0.05) is 29.3 Å². The lowest BCUT2D eigenvalue weighted by Crippen LogP contribution is -2.22. The number of thiophene rings is 1. The third kappa shape index (κ3) is 3.46. The maximum Gasteiger partial charge on any atom is 0.241 e. The van der Waals surface area contributed by atoms with Gasteiger partial charge in [0.15, 0.2) is 0 Å². The molecule has 3 nitrogen and oxygen atoms in total. The summed E-state index contributed by atoms with van der Waals surface area (Å²) < 4.78 is 26.5.